The van der Waals surface area contributed by atoms with Crippen LogP contribution in [0.15, 0.2) is 11.4 Å². The summed E-state index contributed by atoms with van der Waals surface area (Å²) in [7, 11) is -3.43. The van der Waals surface area contributed by atoms with Crippen molar-refractivity contribution < 1.29 is 18.0 Å². The van der Waals surface area contributed by atoms with Crippen molar-refractivity contribution in [3.8, 4) is 10.7 Å². The molecule has 2 heterocycles. The molecule has 19 heavy (non-hydrogen) atoms. The van der Waals surface area contributed by atoms with Gasteiger partial charge in [0.25, 0.3) is 0 Å². The van der Waals surface area contributed by atoms with Crippen molar-refractivity contribution in [2.45, 2.75) is 6.92 Å². The number of carbonyl (C=O) groups excluding carboxylic acids is 1. The van der Waals surface area contributed by atoms with E-state index >= 15 is 0 Å². The predicted molar refractivity (Wildman–Crippen MR) is 66.9 cm³/mol. The van der Waals surface area contributed by atoms with Crippen LogP contribution in [0.2, 0.25) is 0 Å². The maximum atomic E-state index is 11.2. The molecule has 2 rings (SSSR count). The lowest BCUT2D eigenvalue weighted by atomic mass is 10.4. The van der Waals surface area contributed by atoms with Crippen molar-refractivity contribution in [2.24, 2.45) is 0 Å². The Labute approximate surface area is 112 Å². The zero-order chi connectivity index (χ0) is 14.0. The van der Waals surface area contributed by atoms with Gasteiger partial charge in [-0.1, -0.05) is 0 Å². The first-order valence-electron chi connectivity index (χ1n) is 4.90. The van der Waals surface area contributed by atoms with Crippen LogP contribution in [0.3, 0.4) is 0 Å². The second kappa shape index (κ2) is 4.93. The number of tetrazole rings is 1. The van der Waals surface area contributed by atoms with Crippen molar-refractivity contribution in [3.63, 3.8) is 0 Å². The highest BCUT2D eigenvalue weighted by Crippen LogP contribution is 2.32. The van der Waals surface area contributed by atoms with E-state index in [4.69, 9.17) is 4.84 Å². The quantitative estimate of drug-likeness (QED) is 0.774. The molecule has 2 aromatic rings. The molecule has 0 fully saturated rings. The molecule has 0 saturated carbocycles. The molecule has 11 heteroatoms. The number of sulfonamides is 1. The Morgan fingerprint density at radius 2 is 2.26 bits per heavy atom. The number of nitrogens with one attached hydrogen (secondary N) is 1. The summed E-state index contributed by atoms with van der Waals surface area (Å²) in [4.78, 5) is 16.9. The lowest BCUT2D eigenvalue weighted by Crippen LogP contribution is -2.19. The van der Waals surface area contributed by atoms with Crippen molar-refractivity contribution in [1.82, 2.24) is 20.4 Å². The van der Waals surface area contributed by atoms with Crippen LogP contribution in [0, 0.1) is 0 Å². The minimum Gasteiger partial charge on any atom is -0.316 e. The van der Waals surface area contributed by atoms with E-state index in [1.807, 2.05) is 0 Å². The Morgan fingerprint density at radius 1 is 1.53 bits per heavy atom. The average Bonchev–Trinajstić information content (AvgIpc) is 2.83. The molecule has 0 aromatic carbocycles. The minimum absolute atomic E-state index is 0.136. The van der Waals surface area contributed by atoms with Gasteiger partial charge in [-0.15, -0.1) is 16.4 Å². The normalized spacial score (nSPS) is 11.3. The largest absolute Gasteiger partial charge is 0.332 e. The van der Waals surface area contributed by atoms with Crippen LogP contribution < -0.4 is 9.56 Å². The first-order valence-corrected chi connectivity index (χ1v) is 7.67. The Balaban J connectivity index is 2.40. The SMILES string of the molecule is CC(=O)On1nnnc1-c1sccc1NS(C)(=O)=O. The van der Waals surface area contributed by atoms with Gasteiger partial charge < -0.3 is 4.84 Å². The van der Waals surface area contributed by atoms with Gasteiger partial charge in [-0.2, -0.15) is 0 Å². The molecule has 0 radical (unpaired) electrons. The van der Waals surface area contributed by atoms with E-state index in [0.29, 0.717) is 10.6 Å². The van der Waals surface area contributed by atoms with Gasteiger partial charge in [-0.25, -0.2) is 13.2 Å². The third-order valence-electron chi connectivity index (χ3n) is 1.82. The summed E-state index contributed by atoms with van der Waals surface area (Å²) in [6.45, 7) is 1.20. The number of hydrogen-bond acceptors (Lipinski definition) is 8. The summed E-state index contributed by atoms with van der Waals surface area (Å²) in [5.41, 5.74) is 0.315. The van der Waals surface area contributed by atoms with E-state index in [1.165, 1.54) is 18.3 Å². The van der Waals surface area contributed by atoms with E-state index < -0.39 is 16.0 Å². The Morgan fingerprint density at radius 3 is 2.89 bits per heavy atom. The van der Waals surface area contributed by atoms with Crippen molar-refractivity contribution >= 4 is 33.0 Å². The monoisotopic (exact) mass is 303 g/mol. The molecule has 0 saturated heterocycles. The molecule has 0 aliphatic heterocycles. The van der Waals surface area contributed by atoms with E-state index in [-0.39, 0.29) is 5.82 Å². The van der Waals surface area contributed by atoms with E-state index in [0.717, 1.165) is 11.1 Å². The number of carbonyl (C=O) groups is 1. The van der Waals surface area contributed by atoms with Crippen LogP contribution in [0.4, 0.5) is 5.69 Å². The summed E-state index contributed by atoms with van der Waals surface area (Å²) in [5, 5.41) is 12.2. The summed E-state index contributed by atoms with van der Waals surface area (Å²) in [6, 6.07) is 1.56. The number of hydrogen-bond donors (Lipinski definition) is 1. The smallest absolute Gasteiger partial charge is 0.316 e. The number of thiophene rings is 1. The van der Waals surface area contributed by atoms with Gasteiger partial charge in [0.2, 0.25) is 15.8 Å². The third-order valence-corrected chi connectivity index (χ3v) is 3.32. The van der Waals surface area contributed by atoms with Gasteiger partial charge in [0.05, 0.1) is 11.9 Å². The summed E-state index contributed by atoms with van der Waals surface area (Å²) < 4.78 is 24.8. The van der Waals surface area contributed by atoms with Crippen molar-refractivity contribution in [1.29, 1.82) is 0 Å². The van der Waals surface area contributed by atoms with E-state index in [1.54, 1.807) is 11.4 Å². The average molecular weight is 303 g/mol. The number of nitrogens with zero attached hydrogens (tertiary/aromatic N) is 4. The summed E-state index contributed by atoms with van der Waals surface area (Å²) in [5.74, 6) is -0.459. The van der Waals surface area contributed by atoms with Crippen molar-refractivity contribution in [3.05, 3.63) is 11.4 Å². The summed E-state index contributed by atoms with van der Waals surface area (Å²) >= 11 is 1.21. The number of aromatic nitrogens is 4. The lowest BCUT2D eigenvalue weighted by molar-refractivity contribution is -0.143. The zero-order valence-corrected chi connectivity index (χ0v) is 11.5. The van der Waals surface area contributed by atoms with Gasteiger partial charge in [0, 0.05) is 6.92 Å². The highest BCUT2D eigenvalue weighted by Gasteiger charge is 2.18. The molecule has 9 nitrogen and oxygen atoms in total. The summed E-state index contributed by atoms with van der Waals surface area (Å²) in [6.07, 6.45) is 1.03. The highest BCUT2D eigenvalue weighted by atomic mass is 32.2. The number of anilines is 1. The lowest BCUT2D eigenvalue weighted by Gasteiger charge is -2.05. The first kappa shape index (κ1) is 13.4. The van der Waals surface area contributed by atoms with Crippen LogP contribution in [0.25, 0.3) is 10.7 Å². The molecular formula is C8H9N5O4S2. The van der Waals surface area contributed by atoms with Crippen LogP contribution >= 0.6 is 11.3 Å². The second-order valence-electron chi connectivity index (χ2n) is 3.50. The molecule has 0 amide bonds. The van der Waals surface area contributed by atoms with Crippen LogP contribution in [0.1, 0.15) is 6.92 Å². The van der Waals surface area contributed by atoms with Crippen LogP contribution in [-0.2, 0) is 14.8 Å². The molecule has 0 unspecified atom stereocenters. The molecule has 102 valence electrons. The fraction of sp³-hybridized carbons (Fsp3) is 0.250. The van der Waals surface area contributed by atoms with E-state index in [9.17, 15) is 13.2 Å². The minimum atomic E-state index is -3.43. The van der Waals surface area contributed by atoms with E-state index in [2.05, 4.69) is 20.2 Å². The zero-order valence-electron chi connectivity index (χ0n) is 9.89. The Kier molecular flexibility index (Phi) is 3.48. The van der Waals surface area contributed by atoms with Crippen molar-refractivity contribution in [2.75, 3.05) is 11.0 Å². The molecule has 2 aromatic heterocycles. The topological polar surface area (TPSA) is 116 Å². The van der Waals surface area contributed by atoms with Gasteiger partial charge in [0.1, 0.15) is 4.88 Å². The maximum absolute atomic E-state index is 11.2. The van der Waals surface area contributed by atoms with Crippen LogP contribution in [-0.4, -0.2) is 41.0 Å². The second-order valence-corrected chi connectivity index (χ2v) is 6.16. The molecule has 1 N–H and O–H groups in total. The Hall–Kier alpha value is -2.01. The molecular weight excluding hydrogens is 294 g/mol. The van der Waals surface area contributed by atoms with Gasteiger partial charge in [-0.3, -0.25) is 4.72 Å². The molecule has 0 atom stereocenters. The van der Waals surface area contributed by atoms with Crippen LogP contribution in [0.5, 0.6) is 0 Å². The maximum Gasteiger partial charge on any atom is 0.332 e. The molecule has 0 bridgehead atoms. The van der Waals surface area contributed by atoms with Gasteiger partial charge in [0.15, 0.2) is 0 Å². The highest BCUT2D eigenvalue weighted by molar-refractivity contribution is 7.92. The molecule has 0 spiro atoms. The molecule has 0 aliphatic carbocycles. The Bertz CT molecular complexity index is 704. The molecule has 0 aliphatic rings. The predicted octanol–water partition coefficient (Wildman–Crippen LogP) is -0.252. The standard InChI is InChI=1S/C8H9N5O4S2/c1-5(14)17-13-8(9-11-12-13)7-6(3-4-18-7)10-19(2,15)16/h3-4,10H,1-2H3. The third kappa shape index (κ3) is 3.26. The van der Waals surface area contributed by atoms with Gasteiger partial charge in [-0.05, 0) is 26.7 Å². The fourth-order valence-corrected chi connectivity index (χ4v) is 2.70. The van der Waals surface area contributed by atoms with Gasteiger partial charge >= 0.3 is 5.97 Å². The first-order chi connectivity index (χ1) is 8.87. The number of rotatable bonds is 4. The fourth-order valence-electron chi connectivity index (χ4n) is 1.26.